The van der Waals surface area contributed by atoms with Crippen LogP contribution in [0, 0.1) is 16.7 Å². The number of unbranched alkanes of at least 4 members (excludes halogenated alkanes) is 2. The van der Waals surface area contributed by atoms with Gasteiger partial charge in [-0.3, -0.25) is 0 Å². The van der Waals surface area contributed by atoms with Crippen LogP contribution in [0.1, 0.15) is 52.9 Å². The summed E-state index contributed by atoms with van der Waals surface area (Å²) in [5.41, 5.74) is -0.326. The molecule has 0 bridgehead atoms. The van der Waals surface area contributed by atoms with Gasteiger partial charge in [0.15, 0.2) is 0 Å². The van der Waals surface area contributed by atoms with E-state index in [2.05, 4.69) is 6.07 Å². The third kappa shape index (κ3) is 7.70. The van der Waals surface area contributed by atoms with Crippen molar-refractivity contribution in [3.8, 4) is 6.07 Å². The zero-order chi connectivity index (χ0) is 12.7. The predicted octanol–water partition coefficient (Wildman–Crippen LogP) is 2.92. The number of nitriles is 1. The van der Waals surface area contributed by atoms with Crippen molar-refractivity contribution in [1.29, 1.82) is 5.26 Å². The van der Waals surface area contributed by atoms with Gasteiger partial charge in [-0.1, -0.05) is 19.8 Å². The van der Waals surface area contributed by atoms with Crippen molar-refractivity contribution in [1.82, 2.24) is 0 Å². The molecule has 0 atom stereocenters. The molecular weight excluding hydrogens is 222 g/mol. The SMILES string of the molecule is CCCCS(=O)(=O)CCCCC(C)(C)C#N. The van der Waals surface area contributed by atoms with Gasteiger partial charge in [-0.15, -0.1) is 0 Å². The Kier molecular flexibility index (Phi) is 6.66. The van der Waals surface area contributed by atoms with E-state index in [4.69, 9.17) is 5.26 Å². The molecule has 0 spiro atoms. The van der Waals surface area contributed by atoms with Gasteiger partial charge in [0.2, 0.25) is 0 Å². The second kappa shape index (κ2) is 6.90. The molecule has 0 saturated carbocycles. The Bertz CT molecular complexity index is 325. The topological polar surface area (TPSA) is 57.9 Å². The van der Waals surface area contributed by atoms with Crippen LogP contribution in [0.4, 0.5) is 0 Å². The van der Waals surface area contributed by atoms with Crippen LogP contribution in [0.2, 0.25) is 0 Å². The first kappa shape index (κ1) is 15.4. The monoisotopic (exact) mass is 245 g/mol. The van der Waals surface area contributed by atoms with E-state index in [9.17, 15) is 8.42 Å². The predicted molar refractivity (Wildman–Crippen MR) is 66.8 cm³/mol. The fraction of sp³-hybridized carbons (Fsp3) is 0.917. The van der Waals surface area contributed by atoms with Crippen molar-refractivity contribution in [3.63, 3.8) is 0 Å². The first-order valence-corrected chi connectivity index (χ1v) is 7.77. The third-order valence-corrected chi connectivity index (χ3v) is 4.44. The van der Waals surface area contributed by atoms with Crippen LogP contribution in [-0.4, -0.2) is 19.9 Å². The smallest absolute Gasteiger partial charge is 0.150 e. The van der Waals surface area contributed by atoms with E-state index < -0.39 is 9.84 Å². The van der Waals surface area contributed by atoms with Gasteiger partial charge in [-0.2, -0.15) is 5.26 Å². The summed E-state index contributed by atoms with van der Waals surface area (Å²) in [5.74, 6) is 0.583. The molecule has 0 unspecified atom stereocenters. The van der Waals surface area contributed by atoms with E-state index in [1.54, 1.807) is 0 Å². The van der Waals surface area contributed by atoms with Crippen LogP contribution < -0.4 is 0 Å². The van der Waals surface area contributed by atoms with Gasteiger partial charge in [-0.25, -0.2) is 8.42 Å². The van der Waals surface area contributed by atoms with Crippen LogP contribution in [0.15, 0.2) is 0 Å². The van der Waals surface area contributed by atoms with Gasteiger partial charge < -0.3 is 0 Å². The maximum atomic E-state index is 11.5. The number of sulfone groups is 1. The first-order chi connectivity index (χ1) is 7.33. The van der Waals surface area contributed by atoms with Crippen molar-refractivity contribution in [2.24, 2.45) is 5.41 Å². The Morgan fingerprint density at radius 2 is 1.69 bits per heavy atom. The van der Waals surface area contributed by atoms with Crippen LogP contribution in [0.5, 0.6) is 0 Å². The standard InChI is InChI=1S/C12H23NO2S/c1-4-5-9-16(14,15)10-7-6-8-12(2,3)11-13/h4-10H2,1-3H3. The van der Waals surface area contributed by atoms with Gasteiger partial charge in [-0.05, 0) is 33.1 Å². The highest BCUT2D eigenvalue weighted by molar-refractivity contribution is 7.91. The number of hydrogen-bond donors (Lipinski definition) is 0. The van der Waals surface area contributed by atoms with Crippen molar-refractivity contribution < 1.29 is 8.42 Å². The Labute approximate surface area is 99.8 Å². The summed E-state index contributed by atoms with van der Waals surface area (Å²) in [6.45, 7) is 5.77. The molecule has 0 rings (SSSR count). The molecule has 0 radical (unpaired) electrons. The highest BCUT2D eigenvalue weighted by Gasteiger charge is 2.16. The van der Waals surface area contributed by atoms with Crippen molar-refractivity contribution in [3.05, 3.63) is 0 Å². The van der Waals surface area contributed by atoms with Crippen molar-refractivity contribution in [2.75, 3.05) is 11.5 Å². The summed E-state index contributed by atoms with van der Waals surface area (Å²) in [6.07, 6.45) is 3.93. The van der Waals surface area contributed by atoms with Gasteiger partial charge in [0.25, 0.3) is 0 Å². The Hall–Kier alpha value is -0.560. The molecule has 16 heavy (non-hydrogen) atoms. The van der Waals surface area contributed by atoms with E-state index in [0.29, 0.717) is 12.2 Å². The molecule has 0 aromatic rings. The Morgan fingerprint density at radius 3 is 2.19 bits per heavy atom. The number of nitrogens with zero attached hydrogens (tertiary/aromatic N) is 1. The van der Waals surface area contributed by atoms with Gasteiger partial charge >= 0.3 is 0 Å². The molecule has 0 aliphatic carbocycles. The average Bonchev–Trinajstić information content (AvgIpc) is 2.22. The highest BCUT2D eigenvalue weighted by atomic mass is 32.2. The minimum atomic E-state index is -2.85. The molecule has 0 aliphatic rings. The van der Waals surface area contributed by atoms with Crippen molar-refractivity contribution in [2.45, 2.75) is 52.9 Å². The maximum absolute atomic E-state index is 11.5. The molecule has 0 aromatic carbocycles. The van der Waals surface area contributed by atoms with Crippen molar-refractivity contribution >= 4 is 9.84 Å². The summed E-state index contributed by atoms with van der Waals surface area (Å²) < 4.78 is 23.0. The third-order valence-electron chi connectivity index (χ3n) is 2.62. The lowest BCUT2D eigenvalue weighted by molar-refractivity contribution is 0.431. The van der Waals surface area contributed by atoms with E-state index in [0.717, 1.165) is 25.7 Å². The molecule has 0 heterocycles. The lowest BCUT2D eigenvalue weighted by Crippen LogP contribution is -2.12. The summed E-state index contributed by atoms with van der Waals surface area (Å²) >= 11 is 0. The molecule has 0 aliphatic heterocycles. The second-order valence-corrected chi connectivity index (χ2v) is 7.26. The quantitative estimate of drug-likeness (QED) is 0.618. The van der Waals surface area contributed by atoms with E-state index >= 15 is 0 Å². The summed E-state index contributed by atoms with van der Waals surface area (Å²) in [6, 6.07) is 2.22. The fourth-order valence-electron chi connectivity index (χ4n) is 1.41. The minimum Gasteiger partial charge on any atom is -0.229 e. The molecule has 0 saturated heterocycles. The van der Waals surface area contributed by atoms with Crippen LogP contribution >= 0.6 is 0 Å². The molecule has 94 valence electrons. The number of rotatable bonds is 8. The minimum absolute atomic E-state index is 0.272. The second-order valence-electron chi connectivity index (χ2n) is 4.96. The lowest BCUT2D eigenvalue weighted by Gasteiger charge is -2.14. The first-order valence-electron chi connectivity index (χ1n) is 5.94. The Balaban J connectivity index is 3.79. The molecule has 0 amide bonds. The van der Waals surface area contributed by atoms with E-state index in [-0.39, 0.29) is 11.2 Å². The van der Waals surface area contributed by atoms with Crippen LogP contribution in [0.25, 0.3) is 0 Å². The normalized spacial score (nSPS) is 12.4. The highest BCUT2D eigenvalue weighted by Crippen LogP contribution is 2.21. The molecular formula is C12H23NO2S. The van der Waals surface area contributed by atoms with Crippen LogP contribution in [0.3, 0.4) is 0 Å². The van der Waals surface area contributed by atoms with Gasteiger partial charge in [0.1, 0.15) is 9.84 Å². The van der Waals surface area contributed by atoms with Gasteiger partial charge in [0.05, 0.1) is 23.0 Å². The number of hydrogen-bond acceptors (Lipinski definition) is 3. The molecule has 3 nitrogen and oxygen atoms in total. The summed E-state index contributed by atoms with van der Waals surface area (Å²) in [5, 5.41) is 8.80. The summed E-state index contributed by atoms with van der Waals surface area (Å²) in [7, 11) is -2.85. The van der Waals surface area contributed by atoms with Gasteiger partial charge in [0, 0.05) is 0 Å². The largest absolute Gasteiger partial charge is 0.229 e. The molecule has 4 heteroatoms. The summed E-state index contributed by atoms with van der Waals surface area (Å²) in [4.78, 5) is 0. The average molecular weight is 245 g/mol. The zero-order valence-electron chi connectivity index (χ0n) is 10.6. The fourth-order valence-corrected chi connectivity index (χ4v) is 2.99. The lowest BCUT2D eigenvalue weighted by atomic mass is 9.89. The van der Waals surface area contributed by atoms with E-state index in [1.807, 2.05) is 20.8 Å². The molecule has 0 N–H and O–H groups in total. The zero-order valence-corrected chi connectivity index (χ0v) is 11.4. The van der Waals surface area contributed by atoms with E-state index in [1.165, 1.54) is 0 Å². The van der Waals surface area contributed by atoms with Crippen LogP contribution in [-0.2, 0) is 9.84 Å². The molecule has 0 fully saturated rings. The molecule has 0 aromatic heterocycles. The Morgan fingerprint density at radius 1 is 1.12 bits per heavy atom. The maximum Gasteiger partial charge on any atom is 0.150 e.